The average Bonchev–Trinajstić information content (AvgIpc) is 3.55. The molecule has 8 nitrogen and oxygen atoms in total. The zero-order valence-electron chi connectivity index (χ0n) is 20.0. The minimum Gasteiger partial charge on any atom is -0.455 e. The van der Waals surface area contributed by atoms with Gasteiger partial charge in [-0.3, -0.25) is 9.52 Å². The van der Waals surface area contributed by atoms with Gasteiger partial charge in [0, 0.05) is 29.8 Å². The number of aromatic nitrogens is 2. The van der Waals surface area contributed by atoms with Crippen molar-refractivity contribution in [2.45, 2.75) is 45.0 Å². The van der Waals surface area contributed by atoms with E-state index < -0.39 is 23.5 Å². The van der Waals surface area contributed by atoms with Crippen LogP contribution in [0.3, 0.4) is 0 Å². The molecule has 1 fully saturated rings. The second-order valence-electron chi connectivity index (χ2n) is 8.83. The van der Waals surface area contributed by atoms with Gasteiger partial charge >= 0.3 is 6.36 Å². The highest BCUT2D eigenvalue weighted by atomic mass is 79.9. The number of fused-ring (bicyclic) bond motifs is 1. The Kier molecular flexibility index (Phi) is 7.09. The largest absolute Gasteiger partial charge is 0.536 e. The molecule has 0 spiro atoms. The van der Waals surface area contributed by atoms with Crippen LogP contribution in [0.2, 0.25) is 0 Å². The van der Waals surface area contributed by atoms with Crippen molar-refractivity contribution in [1.29, 1.82) is 0 Å². The molecule has 2 aromatic heterocycles. The fraction of sp³-hybridized carbons (Fsp3) is 0.280. The van der Waals surface area contributed by atoms with Crippen LogP contribution in [0, 0.1) is 0 Å². The highest BCUT2D eigenvalue weighted by Gasteiger charge is 2.34. The molecule has 1 amide bonds. The first-order valence-electron chi connectivity index (χ1n) is 11.7. The third-order valence-electron chi connectivity index (χ3n) is 6.15. The first kappa shape index (κ1) is 26.4. The number of primary amides is 1. The minimum atomic E-state index is -5.07. The zero-order valence-corrected chi connectivity index (χ0v) is 22.4. The summed E-state index contributed by atoms with van der Waals surface area (Å²) in [4.78, 5) is 17.1. The molecule has 0 aliphatic heterocycles. The fourth-order valence-corrected chi connectivity index (χ4v) is 5.57. The molecule has 200 valence electrons. The van der Waals surface area contributed by atoms with Gasteiger partial charge in [-0.05, 0) is 58.6 Å². The highest BCUT2D eigenvalue weighted by molar-refractivity contribution is 9.10. The summed E-state index contributed by atoms with van der Waals surface area (Å²) < 4.78 is 63.5. The lowest BCUT2D eigenvalue weighted by molar-refractivity contribution is -0.269. The number of amides is 1. The number of aryl methyl sites for hydroxylation is 1. The second kappa shape index (κ2) is 10.2. The van der Waals surface area contributed by atoms with Crippen molar-refractivity contribution in [2.24, 2.45) is 5.73 Å². The number of nitrogens with two attached hydrogens (primary N) is 1. The number of hydrogen-bond donors (Lipinski definition) is 2. The molecule has 13 heteroatoms. The van der Waals surface area contributed by atoms with E-state index in [2.05, 4.69) is 24.8 Å². The van der Waals surface area contributed by atoms with Gasteiger partial charge in [0.15, 0.2) is 5.76 Å². The van der Waals surface area contributed by atoms with E-state index in [9.17, 15) is 22.2 Å². The van der Waals surface area contributed by atoms with Crippen molar-refractivity contribution in [1.82, 2.24) is 9.55 Å². The Hall–Kier alpha value is -3.16. The van der Waals surface area contributed by atoms with E-state index in [0.29, 0.717) is 45.4 Å². The molecule has 2 aromatic carbocycles. The maximum atomic E-state index is 12.5. The van der Waals surface area contributed by atoms with Crippen LogP contribution in [0.1, 0.15) is 53.3 Å². The molecule has 4 aromatic rings. The lowest BCUT2D eigenvalue weighted by Gasteiger charge is -2.11. The van der Waals surface area contributed by atoms with E-state index in [1.807, 2.05) is 23.6 Å². The van der Waals surface area contributed by atoms with E-state index in [4.69, 9.17) is 15.1 Å². The van der Waals surface area contributed by atoms with E-state index >= 15 is 0 Å². The number of carbonyl (C=O) groups excluding carboxylic acids is 1. The molecule has 5 rings (SSSR count). The molecule has 0 radical (unpaired) electrons. The molecule has 0 bridgehead atoms. The van der Waals surface area contributed by atoms with Crippen molar-refractivity contribution in [3.63, 3.8) is 0 Å². The zero-order chi connectivity index (χ0) is 27.2. The van der Waals surface area contributed by atoms with Gasteiger partial charge < -0.3 is 14.7 Å². The van der Waals surface area contributed by atoms with Crippen LogP contribution < -0.4 is 10.5 Å². The van der Waals surface area contributed by atoms with Gasteiger partial charge in [-0.2, -0.15) is 4.18 Å². The van der Waals surface area contributed by atoms with E-state index in [0.717, 1.165) is 29.9 Å². The number of furan rings is 1. The number of benzene rings is 2. The summed E-state index contributed by atoms with van der Waals surface area (Å²) >= 11 is 0.693. The Balaban J connectivity index is 1.50. The van der Waals surface area contributed by atoms with Gasteiger partial charge in [0.2, 0.25) is 0 Å². The van der Waals surface area contributed by atoms with Crippen LogP contribution in [0.15, 0.2) is 51.4 Å². The maximum Gasteiger partial charge on any atom is 0.536 e. The number of hydrogen-bond acceptors (Lipinski definition) is 5. The maximum absolute atomic E-state index is 12.5. The van der Waals surface area contributed by atoms with Crippen LogP contribution >= 0.6 is 15.9 Å². The summed E-state index contributed by atoms with van der Waals surface area (Å²) in [7, 11) is 0. The van der Waals surface area contributed by atoms with Crippen molar-refractivity contribution in [3.8, 4) is 11.3 Å². The van der Waals surface area contributed by atoms with Gasteiger partial charge in [0.05, 0.1) is 15.9 Å². The van der Waals surface area contributed by atoms with Crippen LogP contribution in [0.5, 0.6) is 0 Å². The Bertz CT molecular complexity index is 1560. The number of nitrogens with zero attached hydrogens (tertiary/aromatic N) is 2. The molecule has 38 heavy (non-hydrogen) atoms. The first-order chi connectivity index (χ1) is 18.1. The predicted molar refractivity (Wildman–Crippen MR) is 139 cm³/mol. The topological polar surface area (TPSA) is 112 Å². The molecule has 2 heterocycles. The Morgan fingerprint density at radius 3 is 2.68 bits per heavy atom. The fourth-order valence-electron chi connectivity index (χ4n) is 4.40. The molecule has 1 aliphatic rings. The summed E-state index contributed by atoms with van der Waals surface area (Å²) in [5.41, 5.74) is 8.84. The molecular weight excluding hydrogens is 589 g/mol. The first-order valence-corrected chi connectivity index (χ1v) is 13.6. The van der Waals surface area contributed by atoms with E-state index in [-0.39, 0.29) is 11.6 Å². The Morgan fingerprint density at radius 2 is 2.03 bits per heavy atom. The normalized spacial score (nSPS) is 14.7. The number of nitrogens with one attached hydrogen (secondary N) is 1. The molecular formula is C25H22BrF3N4O4S. The molecule has 1 saturated carbocycles. The van der Waals surface area contributed by atoms with Crippen LogP contribution in [0.4, 0.5) is 18.9 Å². The van der Waals surface area contributed by atoms with Gasteiger partial charge in [-0.25, -0.2) is 9.19 Å². The van der Waals surface area contributed by atoms with Crippen molar-refractivity contribution in [2.75, 3.05) is 4.72 Å². The Morgan fingerprint density at radius 1 is 1.29 bits per heavy atom. The number of imidazole rings is 1. The van der Waals surface area contributed by atoms with Gasteiger partial charge in [0.1, 0.15) is 17.1 Å². The standard InChI is InChI=1S/C25H22BrF3N4O4S/c1-2-19-31-21(14-8-9-14)22(24(30)34)33(19)12-13-7-10-18-16(11-13)20(26)23(36-18)15-5-3-4-6-17(15)32-38(35)37-25(27,28)29/h3-7,10-11,14,32H,2,8-9,12H2,1H3,(H2,30,34). The number of alkyl halides is 3. The summed E-state index contributed by atoms with van der Waals surface area (Å²) in [6, 6.07) is 11.9. The molecule has 1 atom stereocenters. The van der Waals surface area contributed by atoms with Gasteiger partial charge in [-0.15, -0.1) is 13.2 Å². The molecule has 3 N–H and O–H groups in total. The quantitative estimate of drug-likeness (QED) is 0.235. The van der Waals surface area contributed by atoms with Crippen LogP contribution in [-0.2, 0) is 28.4 Å². The molecule has 1 unspecified atom stereocenters. The molecule has 1 aliphatic carbocycles. The van der Waals surface area contributed by atoms with Gasteiger partial charge in [0.25, 0.3) is 17.2 Å². The monoisotopic (exact) mass is 610 g/mol. The minimum absolute atomic E-state index is 0.125. The number of para-hydroxylation sites is 1. The number of halogens is 4. The Labute approximate surface area is 226 Å². The lowest BCUT2D eigenvalue weighted by atomic mass is 10.1. The van der Waals surface area contributed by atoms with Crippen molar-refractivity contribution in [3.05, 3.63) is 69.7 Å². The van der Waals surface area contributed by atoms with Crippen LogP contribution in [0.25, 0.3) is 22.3 Å². The SMILES string of the molecule is CCc1nc(C2CC2)c(C(N)=O)n1Cc1ccc2oc(-c3ccccc3NS(=O)OC(F)(F)F)c(Br)c2c1. The number of carbonyl (C=O) groups is 1. The lowest BCUT2D eigenvalue weighted by Crippen LogP contribution is -2.20. The second-order valence-corrected chi connectivity index (χ2v) is 10.5. The summed E-state index contributed by atoms with van der Waals surface area (Å²) in [6.07, 6.45) is -2.45. The summed E-state index contributed by atoms with van der Waals surface area (Å²) in [5, 5.41) is 0.709. The smallest absolute Gasteiger partial charge is 0.455 e. The van der Waals surface area contributed by atoms with Gasteiger partial charge in [-0.1, -0.05) is 25.1 Å². The summed E-state index contributed by atoms with van der Waals surface area (Å²) in [6.45, 7) is 2.34. The third-order valence-corrected chi connectivity index (χ3v) is 7.67. The van der Waals surface area contributed by atoms with Crippen molar-refractivity contribution < 1.29 is 30.8 Å². The average molecular weight is 611 g/mol. The van der Waals surface area contributed by atoms with E-state index in [1.165, 1.54) is 6.07 Å². The van der Waals surface area contributed by atoms with Crippen LogP contribution in [-0.4, -0.2) is 26.0 Å². The summed E-state index contributed by atoms with van der Waals surface area (Å²) in [5.74, 6) is 0.862. The number of rotatable bonds is 9. The number of anilines is 1. The highest BCUT2D eigenvalue weighted by Crippen LogP contribution is 2.43. The predicted octanol–water partition coefficient (Wildman–Crippen LogP) is 6.17. The third kappa shape index (κ3) is 5.36. The van der Waals surface area contributed by atoms with Crippen molar-refractivity contribution >= 4 is 49.8 Å². The van der Waals surface area contributed by atoms with E-state index in [1.54, 1.807) is 24.3 Å². The molecule has 0 saturated heterocycles.